The highest BCUT2D eigenvalue weighted by molar-refractivity contribution is 6.42. The second-order valence-corrected chi connectivity index (χ2v) is 3.57. The molecule has 0 fully saturated rings. The zero-order chi connectivity index (χ0) is 10.1. The van der Waals surface area contributed by atoms with Gasteiger partial charge in [0.1, 0.15) is 0 Å². The van der Waals surface area contributed by atoms with E-state index in [2.05, 4.69) is 4.98 Å². The van der Waals surface area contributed by atoms with Crippen molar-refractivity contribution in [1.29, 1.82) is 0 Å². The second kappa shape index (κ2) is 3.52. The number of hydrogen-bond acceptors (Lipinski definition) is 2. The molecule has 0 aliphatic rings. The molecule has 0 radical (unpaired) electrons. The van der Waals surface area contributed by atoms with E-state index >= 15 is 0 Å². The van der Waals surface area contributed by atoms with Crippen LogP contribution in [0.1, 0.15) is 0 Å². The van der Waals surface area contributed by atoms with Gasteiger partial charge in [-0.15, -0.1) is 0 Å². The summed E-state index contributed by atoms with van der Waals surface area (Å²) in [6, 6.07) is 5.28. The lowest BCUT2D eigenvalue weighted by atomic mass is 10.3. The van der Waals surface area contributed by atoms with Crippen LogP contribution in [-0.2, 0) is 0 Å². The van der Waals surface area contributed by atoms with Crippen LogP contribution < -0.4 is 5.73 Å². The molecule has 5 heteroatoms. The van der Waals surface area contributed by atoms with E-state index in [1.807, 2.05) is 6.07 Å². The van der Waals surface area contributed by atoms with Gasteiger partial charge < -0.3 is 5.73 Å². The maximum atomic E-state index is 5.88. The van der Waals surface area contributed by atoms with E-state index in [1.165, 1.54) is 0 Å². The third-order valence-electron chi connectivity index (χ3n) is 1.85. The fourth-order valence-electron chi connectivity index (χ4n) is 1.17. The van der Waals surface area contributed by atoms with Crippen LogP contribution in [0, 0.1) is 0 Å². The number of aromatic nitrogens is 2. The molecule has 0 spiro atoms. The highest BCUT2D eigenvalue weighted by Crippen LogP contribution is 2.25. The molecule has 3 nitrogen and oxygen atoms in total. The first kappa shape index (κ1) is 9.37. The Balaban J connectivity index is 2.53. The van der Waals surface area contributed by atoms with Gasteiger partial charge in [-0.05, 0) is 18.2 Å². The third-order valence-corrected chi connectivity index (χ3v) is 2.59. The van der Waals surface area contributed by atoms with E-state index in [9.17, 15) is 0 Å². The fourth-order valence-corrected chi connectivity index (χ4v) is 1.46. The Labute approximate surface area is 91.1 Å². The minimum atomic E-state index is 0.420. The van der Waals surface area contributed by atoms with Crippen molar-refractivity contribution >= 4 is 29.2 Å². The summed E-state index contributed by atoms with van der Waals surface area (Å²) in [4.78, 5) is 3.91. The number of nitrogens with two attached hydrogens (primary N) is 1. The summed E-state index contributed by atoms with van der Waals surface area (Å²) < 4.78 is 1.72. The minimum Gasteiger partial charge on any atom is -0.369 e. The predicted molar refractivity (Wildman–Crippen MR) is 58.0 cm³/mol. The molecule has 1 heterocycles. The minimum absolute atomic E-state index is 0.420. The Morgan fingerprint density at radius 2 is 2.00 bits per heavy atom. The van der Waals surface area contributed by atoms with E-state index in [1.54, 1.807) is 29.1 Å². The van der Waals surface area contributed by atoms with Crippen molar-refractivity contribution < 1.29 is 0 Å². The molecule has 1 aromatic carbocycles. The number of nitrogens with zero attached hydrogens (tertiary/aromatic N) is 2. The second-order valence-electron chi connectivity index (χ2n) is 2.75. The smallest absolute Gasteiger partial charge is 0.204 e. The Bertz CT molecular complexity index is 465. The van der Waals surface area contributed by atoms with Gasteiger partial charge in [0.05, 0.1) is 15.7 Å². The summed E-state index contributed by atoms with van der Waals surface area (Å²) in [6.07, 6.45) is 3.38. The van der Waals surface area contributed by atoms with Crippen LogP contribution in [0.4, 0.5) is 5.95 Å². The van der Waals surface area contributed by atoms with Crippen LogP contribution in [-0.4, -0.2) is 9.55 Å². The SMILES string of the molecule is Nc1nccn1-c1ccc(Cl)c(Cl)c1. The predicted octanol–water partition coefficient (Wildman–Crippen LogP) is 2.76. The molecule has 0 saturated carbocycles. The lowest BCUT2D eigenvalue weighted by Gasteiger charge is -2.05. The highest BCUT2D eigenvalue weighted by Gasteiger charge is 2.03. The first-order valence-electron chi connectivity index (χ1n) is 3.93. The largest absolute Gasteiger partial charge is 0.369 e. The molecule has 14 heavy (non-hydrogen) atoms. The number of halogens is 2. The summed E-state index contributed by atoms with van der Waals surface area (Å²) in [5.41, 5.74) is 6.48. The van der Waals surface area contributed by atoms with Gasteiger partial charge in [-0.25, -0.2) is 4.98 Å². The maximum absolute atomic E-state index is 5.88. The van der Waals surface area contributed by atoms with Crippen molar-refractivity contribution in [2.75, 3.05) is 5.73 Å². The molecular formula is C9H7Cl2N3. The van der Waals surface area contributed by atoms with Crippen LogP contribution in [0.2, 0.25) is 10.0 Å². The topological polar surface area (TPSA) is 43.8 Å². The molecule has 0 amide bonds. The Morgan fingerprint density at radius 1 is 1.21 bits per heavy atom. The lowest BCUT2D eigenvalue weighted by molar-refractivity contribution is 1.07. The number of anilines is 1. The van der Waals surface area contributed by atoms with Gasteiger partial charge in [-0.3, -0.25) is 4.57 Å². The van der Waals surface area contributed by atoms with Crippen molar-refractivity contribution in [3.8, 4) is 5.69 Å². The molecule has 0 unspecified atom stereocenters. The van der Waals surface area contributed by atoms with E-state index in [-0.39, 0.29) is 0 Å². The lowest BCUT2D eigenvalue weighted by Crippen LogP contribution is -1.99. The van der Waals surface area contributed by atoms with Crippen LogP contribution in [0.3, 0.4) is 0 Å². The van der Waals surface area contributed by atoms with Gasteiger partial charge in [0, 0.05) is 12.4 Å². The molecule has 0 saturated heterocycles. The molecule has 0 bridgehead atoms. The molecule has 1 aromatic heterocycles. The van der Waals surface area contributed by atoms with Crippen molar-refractivity contribution in [2.24, 2.45) is 0 Å². The Kier molecular flexibility index (Phi) is 2.35. The van der Waals surface area contributed by atoms with E-state index in [0.29, 0.717) is 16.0 Å². The van der Waals surface area contributed by atoms with Gasteiger partial charge in [0.25, 0.3) is 0 Å². The van der Waals surface area contributed by atoms with Crippen LogP contribution in [0.15, 0.2) is 30.6 Å². The van der Waals surface area contributed by atoms with Crippen molar-refractivity contribution in [3.63, 3.8) is 0 Å². The van der Waals surface area contributed by atoms with Crippen molar-refractivity contribution in [1.82, 2.24) is 9.55 Å². The molecule has 72 valence electrons. The molecular weight excluding hydrogens is 221 g/mol. The first-order chi connectivity index (χ1) is 6.68. The van der Waals surface area contributed by atoms with Crippen molar-refractivity contribution in [3.05, 3.63) is 40.6 Å². The molecule has 2 rings (SSSR count). The highest BCUT2D eigenvalue weighted by atomic mass is 35.5. The summed E-state index contributed by atoms with van der Waals surface area (Å²) in [5, 5.41) is 1.02. The summed E-state index contributed by atoms with van der Waals surface area (Å²) in [6.45, 7) is 0. The number of hydrogen-bond donors (Lipinski definition) is 1. The van der Waals surface area contributed by atoms with E-state index in [0.717, 1.165) is 5.69 Å². The normalized spacial score (nSPS) is 10.4. The molecule has 2 N–H and O–H groups in total. The van der Waals surface area contributed by atoms with E-state index < -0.39 is 0 Å². The van der Waals surface area contributed by atoms with Crippen LogP contribution >= 0.6 is 23.2 Å². The summed E-state index contributed by atoms with van der Waals surface area (Å²) in [5.74, 6) is 0.420. The van der Waals surface area contributed by atoms with Gasteiger partial charge in [0.2, 0.25) is 5.95 Å². The third kappa shape index (κ3) is 1.56. The zero-order valence-corrected chi connectivity index (χ0v) is 8.63. The van der Waals surface area contributed by atoms with Gasteiger partial charge in [-0.2, -0.15) is 0 Å². The number of benzene rings is 1. The number of rotatable bonds is 1. The van der Waals surface area contributed by atoms with Crippen LogP contribution in [0.5, 0.6) is 0 Å². The monoisotopic (exact) mass is 227 g/mol. The molecule has 2 aromatic rings. The number of nitrogen functional groups attached to an aromatic ring is 1. The van der Waals surface area contributed by atoms with E-state index in [4.69, 9.17) is 28.9 Å². The van der Waals surface area contributed by atoms with Crippen LogP contribution in [0.25, 0.3) is 5.69 Å². The summed E-state index contributed by atoms with van der Waals surface area (Å²) >= 11 is 11.7. The average Bonchev–Trinajstić information content (AvgIpc) is 2.57. The van der Waals surface area contributed by atoms with Gasteiger partial charge >= 0.3 is 0 Å². The number of imidazole rings is 1. The first-order valence-corrected chi connectivity index (χ1v) is 4.68. The standard InChI is InChI=1S/C9H7Cl2N3/c10-7-2-1-6(5-8(7)11)14-4-3-13-9(14)12/h1-5H,(H2,12,13). The van der Waals surface area contributed by atoms with Gasteiger partial charge in [-0.1, -0.05) is 23.2 Å². The molecule has 0 atom stereocenters. The fraction of sp³-hybridized carbons (Fsp3) is 0. The average molecular weight is 228 g/mol. The maximum Gasteiger partial charge on any atom is 0.204 e. The van der Waals surface area contributed by atoms with Crippen molar-refractivity contribution in [2.45, 2.75) is 0 Å². The Morgan fingerprint density at radius 3 is 2.57 bits per heavy atom. The molecule has 0 aliphatic carbocycles. The quantitative estimate of drug-likeness (QED) is 0.815. The molecule has 0 aliphatic heterocycles. The summed E-state index contributed by atoms with van der Waals surface area (Å²) in [7, 11) is 0. The van der Waals surface area contributed by atoms with Gasteiger partial charge in [0.15, 0.2) is 0 Å². The Hall–Kier alpha value is -1.19. The zero-order valence-electron chi connectivity index (χ0n) is 7.11.